The maximum atomic E-state index is 12.5. The van der Waals surface area contributed by atoms with Crippen LogP contribution in [0.25, 0.3) is 0 Å². The van der Waals surface area contributed by atoms with Crippen molar-refractivity contribution in [3.8, 4) is 0 Å². The summed E-state index contributed by atoms with van der Waals surface area (Å²) in [5, 5.41) is 11.4. The van der Waals surface area contributed by atoms with E-state index in [2.05, 4.69) is 22.4 Å². The molecule has 2 aliphatic rings. The van der Waals surface area contributed by atoms with Crippen molar-refractivity contribution in [2.24, 2.45) is 13.0 Å². The van der Waals surface area contributed by atoms with Crippen LogP contribution in [0.3, 0.4) is 0 Å². The van der Waals surface area contributed by atoms with E-state index in [1.165, 1.54) is 12.8 Å². The molecule has 122 valence electrons. The molecule has 3 atom stereocenters. The molecule has 6 nitrogen and oxygen atoms in total. The Labute approximate surface area is 132 Å². The van der Waals surface area contributed by atoms with E-state index in [1.807, 2.05) is 16.5 Å². The van der Waals surface area contributed by atoms with Gasteiger partial charge in [0.1, 0.15) is 12.2 Å². The van der Waals surface area contributed by atoms with Crippen LogP contribution in [0.2, 0.25) is 0 Å². The minimum absolute atomic E-state index is 0.103. The lowest BCUT2D eigenvalue weighted by Gasteiger charge is -2.35. The third-order valence-electron chi connectivity index (χ3n) is 5.08. The largest absolute Gasteiger partial charge is 0.335 e. The molecule has 1 aromatic heterocycles. The van der Waals surface area contributed by atoms with Crippen LogP contribution < -0.4 is 5.32 Å². The summed E-state index contributed by atoms with van der Waals surface area (Å²) >= 11 is 0. The van der Waals surface area contributed by atoms with Gasteiger partial charge in [-0.3, -0.25) is 0 Å². The predicted molar refractivity (Wildman–Crippen MR) is 84.5 cm³/mol. The van der Waals surface area contributed by atoms with Crippen LogP contribution >= 0.6 is 0 Å². The molecule has 0 radical (unpaired) electrons. The van der Waals surface area contributed by atoms with Gasteiger partial charge in [-0.1, -0.05) is 19.8 Å². The number of nitrogens with one attached hydrogen (secondary N) is 1. The maximum Gasteiger partial charge on any atom is 0.317 e. The minimum atomic E-state index is 0.103. The van der Waals surface area contributed by atoms with Crippen LogP contribution in [0.5, 0.6) is 0 Å². The molecule has 1 aliphatic heterocycles. The number of aryl methyl sites for hydroxylation is 1. The number of hydrogen-bond acceptors (Lipinski definition) is 3. The van der Waals surface area contributed by atoms with E-state index >= 15 is 0 Å². The number of likely N-dealkylation sites (tertiary alicyclic amines) is 1. The molecular formula is C16H27N5O. The Balaban J connectivity index is 1.57. The fourth-order valence-electron chi connectivity index (χ4n) is 3.87. The molecule has 0 bridgehead atoms. The van der Waals surface area contributed by atoms with Crippen molar-refractivity contribution in [2.75, 3.05) is 13.1 Å². The summed E-state index contributed by atoms with van der Waals surface area (Å²) in [6.45, 7) is 3.88. The van der Waals surface area contributed by atoms with E-state index in [9.17, 15) is 4.79 Å². The lowest BCUT2D eigenvalue weighted by atomic mass is 9.87. The number of urea groups is 1. The maximum absolute atomic E-state index is 12.5. The highest BCUT2D eigenvalue weighted by atomic mass is 16.2. The van der Waals surface area contributed by atoms with Crippen LogP contribution in [-0.4, -0.2) is 44.8 Å². The highest BCUT2D eigenvalue weighted by Gasteiger charge is 2.29. The lowest BCUT2D eigenvalue weighted by Crippen LogP contribution is -2.49. The van der Waals surface area contributed by atoms with Gasteiger partial charge in [0.05, 0.1) is 0 Å². The molecule has 2 fully saturated rings. The van der Waals surface area contributed by atoms with Crippen LogP contribution in [0.4, 0.5) is 4.79 Å². The number of rotatable bonds is 2. The Morgan fingerprint density at radius 3 is 2.91 bits per heavy atom. The van der Waals surface area contributed by atoms with Crippen LogP contribution in [-0.2, 0) is 7.05 Å². The molecule has 2 heterocycles. The molecule has 1 saturated carbocycles. The molecule has 2 amide bonds. The third kappa shape index (κ3) is 3.42. The first-order chi connectivity index (χ1) is 10.6. The van der Waals surface area contributed by atoms with Gasteiger partial charge in [-0.25, -0.2) is 4.79 Å². The van der Waals surface area contributed by atoms with Crippen molar-refractivity contribution in [1.29, 1.82) is 0 Å². The monoisotopic (exact) mass is 305 g/mol. The van der Waals surface area contributed by atoms with Crippen LogP contribution in [0, 0.1) is 5.92 Å². The zero-order valence-electron chi connectivity index (χ0n) is 13.7. The van der Waals surface area contributed by atoms with Gasteiger partial charge in [0.2, 0.25) is 0 Å². The number of carbonyl (C=O) groups excluding carboxylic acids is 1. The molecule has 3 unspecified atom stereocenters. The highest BCUT2D eigenvalue weighted by Crippen LogP contribution is 2.26. The summed E-state index contributed by atoms with van der Waals surface area (Å²) in [6, 6.07) is 0.456. The molecule has 1 aromatic rings. The van der Waals surface area contributed by atoms with E-state index in [-0.39, 0.29) is 6.03 Å². The first-order valence-electron chi connectivity index (χ1n) is 8.53. The van der Waals surface area contributed by atoms with Gasteiger partial charge in [-0.05, 0) is 31.6 Å². The van der Waals surface area contributed by atoms with Crippen molar-refractivity contribution >= 4 is 6.03 Å². The SMILES string of the molecule is CC1CCCC(NC(=O)N2CCCC(c3nncn3C)C2)C1. The Morgan fingerprint density at radius 2 is 2.18 bits per heavy atom. The third-order valence-corrected chi connectivity index (χ3v) is 5.08. The van der Waals surface area contributed by atoms with Crippen molar-refractivity contribution < 1.29 is 4.79 Å². The number of aromatic nitrogens is 3. The number of hydrogen-bond donors (Lipinski definition) is 1. The molecule has 1 aliphatic carbocycles. The summed E-state index contributed by atoms with van der Waals surface area (Å²) in [5.74, 6) is 2.02. The molecular weight excluding hydrogens is 278 g/mol. The molecule has 22 heavy (non-hydrogen) atoms. The quantitative estimate of drug-likeness (QED) is 0.912. The van der Waals surface area contributed by atoms with Crippen molar-refractivity contribution in [2.45, 2.75) is 57.4 Å². The predicted octanol–water partition coefficient (Wildman–Crippen LogP) is 2.28. The molecule has 1 saturated heterocycles. The molecule has 3 rings (SSSR count). The van der Waals surface area contributed by atoms with Gasteiger partial charge in [0.25, 0.3) is 0 Å². The molecule has 6 heteroatoms. The number of carbonyl (C=O) groups is 1. The number of nitrogens with zero attached hydrogens (tertiary/aromatic N) is 4. The average Bonchev–Trinajstić information content (AvgIpc) is 2.93. The normalized spacial score (nSPS) is 29.4. The summed E-state index contributed by atoms with van der Waals surface area (Å²) in [7, 11) is 1.97. The van der Waals surface area contributed by atoms with Gasteiger partial charge < -0.3 is 14.8 Å². The van der Waals surface area contributed by atoms with Crippen LogP contribution in [0.15, 0.2) is 6.33 Å². The first-order valence-corrected chi connectivity index (χ1v) is 8.53. The summed E-state index contributed by atoms with van der Waals surface area (Å²) < 4.78 is 1.97. The van der Waals surface area contributed by atoms with Gasteiger partial charge in [-0.15, -0.1) is 10.2 Å². The smallest absolute Gasteiger partial charge is 0.317 e. The fourth-order valence-corrected chi connectivity index (χ4v) is 3.87. The standard InChI is InChI=1S/C16H27N5O/c1-12-5-3-7-14(9-12)18-16(22)21-8-4-6-13(10-21)15-19-17-11-20(15)2/h11-14H,3-10H2,1-2H3,(H,18,22). The van der Waals surface area contributed by atoms with E-state index in [0.717, 1.165) is 50.5 Å². The van der Waals surface area contributed by atoms with Gasteiger partial charge in [0.15, 0.2) is 0 Å². The Hall–Kier alpha value is -1.59. The molecule has 1 N–H and O–H groups in total. The second-order valence-corrected chi connectivity index (χ2v) is 7.00. The zero-order valence-corrected chi connectivity index (χ0v) is 13.7. The van der Waals surface area contributed by atoms with Gasteiger partial charge in [0, 0.05) is 32.1 Å². The number of amides is 2. The van der Waals surface area contributed by atoms with E-state index in [0.29, 0.717) is 12.0 Å². The highest BCUT2D eigenvalue weighted by molar-refractivity contribution is 5.74. The van der Waals surface area contributed by atoms with Gasteiger partial charge >= 0.3 is 6.03 Å². The fraction of sp³-hybridized carbons (Fsp3) is 0.812. The van der Waals surface area contributed by atoms with E-state index < -0.39 is 0 Å². The summed E-state index contributed by atoms with van der Waals surface area (Å²) in [5.41, 5.74) is 0. The lowest BCUT2D eigenvalue weighted by molar-refractivity contribution is 0.168. The van der Waals surface area contributed by atoms with Crippen molar-refractivity contribution in [3.05, 3.63) is 12.2 Å². The zero-order chi connectivity index (χ0) is 15.5. The average molecular weight is 305 g/mol. The van der Waals surface area contributed by atoms with Crippen LogP contribution in [0.1, 0.15) is 57.2 Å². The second kappa shape index (κ2) is 6.67. The topological polar surface area (TPSA) is 63.1 Å². The molecule has 0 aromatic carbocycles. The van der Waals surface area contributed by atoms with Crippen molar-refractivity contribution in [3.63, 3.8) is 0 Å². The Kier molecular flexibility index (Phi) is 4.64. The van der Waals surface area contributed by atoms with E-state index in [4.69, 9.17) is 0 Å². The first kappa shape index (κ1) is 15.3. The number of piperidine rings is 1. The second-order valence-electron chi connectivity index (χ2n) is 7.00. The van der Waals surface area contributed by atoms with E-state index in [1.54, 1.807) is 6.33 Å². The summed E-state index contributed by atoms with van der Waals surface area (Å²) in [4.78, 5) is 14.5. The van der Waals surface area contributed by atoms with Crippen molar-refractivity contribution in [1.82, 2.24) is 25.0 Å². The minimum Gasteiger partial charge on any atom is -0.335 e. The Bertz CT molecular complexity index is 514. The molecule has 0 spiro atoms. The summed E-state index contributed by atoms with van der Waals surface area (Å²) in [6.07, 6.45) is 8.61. The van der Waals surface area contributed by atoms with Gasteiger partial charge in [-0.2, -0.15) is 0 Å². The Morgan fingerprint density at radius 1 is 1.32 bits per heavy atom.